The molecule has 1 fully saturated rings. The van der Waals surface area contributed by atoms with Crippen LogP contribution in [-0.2, 0) is 9.59 Å². The Morgan fingerprint density at radius 1 is 1.09 bits per heavy atom. The number of likely N-dealkylation sites (N-methyl/N-ethyl adjacent to an activating group) is 1. The molecule has 1 aliphatic rings. The largest absolute Gasteiger partial charge is 0.490 e. The predicted octanol–water partition coefficient (Wildman–Crippen LogP) is 1.54. The molecule has 0 atom stereocenters. The Kier molecular flexibility index (Phi) is 8.43. The molecule has 4 heterocycles. The number of hydrogen-bond donors (Lipinski definition) is 2. The Morgan fingerprint density at radius 2 is 1.80 bits per heavy atom. The summed E-state index contributed by atoms with van der Waals surface area (Å²) in [6.45, 7) is 4.03. The lowest BCUT2D eigenvalue weighted by Gasteiger charge is -2.31. The minimum atomic E-state index is -5.08. The molecule has 2 N–H and O–H groups in total. The number of amides is 1. The molecule has 1 aliphatic heterocycles. The first-order valence-corrected chi connectivity index (χ1v) is 10.4. The van der Waals surface area contributed by atoms with E-state index in [0.29, 0.717) is 29.7 Å². The number of carbonyl (C=O) groups is 2. The van der Waals surface area contributed by atoms with E-state index >= 15 is 0 Å². The standard InChI is InChI=1S/C19H22N8O.C2HF3O2/c1-25-9-11-26(12-10-25)14-18(28)22-16-13-17(27-8-4-7-21-27)24-19(23-16)15-5-2-3-6-20-15;3-2(4,5)1(6)7/h2-8,13H,9-12,14H2,1H3,(H,22,23,24,28);(H,6,7). The number of nitrogens with one attached hydrogen (secondary N) is 1. The van der Waals surface area contributed by atoms with Gasteiger partial charge in [-0.15, -0.1) is 0 Å². The van der Waals surface area contributed by atoms with Crippen LogP contribution in [-0.4, -0.2) is 97.5 Å². The second-order valence-electron chi connectivity index (χ2n) is 7.53. The number of carboxylic acid groups (broad SMARTS) is 1. The second-order valence-corrected chi connectivity index (χ2v) is 7.53. The summed E-state index contributed by atoms with van der Waals surface area (Å²) in [6.07, 6.45) is 0.0689. The van der Waals surface area contributed by atoms with Crippen molar-refractivity contribution in [2.75, 3.05) is 45.1 Å². The highest BCUT2D eigenvalue weighted by Gasteiger charge is 2.38. The third-order valence-corrected chi connectivity index (χ3v) is 4.82. The zero-order valence-corrected chi connectivity index (χ0v) is 18.7. The van der Waals surface area contributed by atoms with Crippen LogP contribution in [0.4, 0.5) is 19.0 Å². The van der Waals surface area contributed by atoms with Gasteiger partial charge in [0.15, 0.2) is 11.6 Å². The highest BCUT2D eigenvalue weighted by Crippen LogP contribution is 2.18. The summed E-state index contributed by atoms with van der Waals surface area (Å²) in [6, 6.07) is 9.06. The zero-order valence-electron chi connectivity index (χ0n) is 18.7. The number of pyridine rings is 1. The first-order valence-electron chi connectivity index (χ1n) is 10.4. The molecule has 4 rings (SSSR count). The van der Waals surface area contributed by atoms with Crippen molar-refractivity contribution in [2.24, 2.45) is 0 Å². The minimum absolute atomic E-state index is 0.0957. The normalized spacial score (nSPS) is 14.6. The maximum Gasteiger partial charge on any atom is 0.490 e. The average Bonchev–Trinajstić information content (AvgIpc) is 3.36. The van der Waals surface area contributed by atoms with Crippen molar-refractivity contribution in [3.63, 3.8) is 0 Å². The van der Waals surface area contributed by atoms with E-state index in [2.05, 4.69) is 42.2 Å². The van der Waals surface area contributed by atoms with Gasteiger partial charge in [0.25, 0.3) is 0 Å². The maximum absolute atomic E-state index is 12.5. The van der Waals surface area contributed by atoms with Crippen molar-refractivity contribution in [2.45, 2.75) is 6.18 Å². The number of nitrogens with zero attached hydrogens (tertiary/aromatic N) is 7. The van der Waals surface area contributed by atoms with Crippen molar-refractivity contribution in [3.05, 3.63) is 48.9 Å². The van der Waals surface area contributed by atoms with Gasteiger partial charge in [0.2, 0.25) is 5.91 Å². The first-order chi connectivity index (χ1) is 16.6. The summed E-state index contributed by atoms with van der Waals surface area (Å²) in [7, 11) is 2.09. The van der Waals surface area contributed by atoms with Gasteiger partial charge in [0.05, 0.1) is 6.54 Å². The Hall–Kier alpha value is -3.91. The lowest BCUT2D eigenvalue weighted by Crippen LogP contribution is -2.47. The van der Waals surface area contributed by atoms with E-state index in [1.165, 1.54) is 0 Å². The molecular formula is C21H23F3N8O3. The lowest BCUT2D eigenvalue weighted by molar-refractivity contribution is -0.192. The van der Waals surface area contributed by atoms with E-state index in [-0.39, 0.29) is 5.91 Å². The molecule has 0 radical (unpaired) electrons. The van der Waals surface area contributed by atoms with Crippen LogP contribution in [0.2, 0.25) is 0 Å². The number of alkyl halides is 3. The lowest BCUT2D eigenvalue weighted by atomic mass is 10.3. The minimum Gasteiger partial charge on any atom is -0.475 e. The quantitative estimate of drug-likeness (QED) is 0.545. The molecule has 14 heteroatoms. The number of aliphatic carboxylic acids is 1. The Balaban J connectivity index is 0.000000429. The van der Waals surface area contributed by atoms with Gasteiger partial charge in [-0.05, 0) is 25.2 Å². The molecule has 0 saturated carbocycles. The molecule has 0 aromatic carbocycles. The zero-order chi connectivity index (χ0) is 25.4. The van der Waals surface area contributed by atoms with E-state index in [4.69, 9.17) is 9.90 Å². The molecule has 35 heavy (non-hydrogen) atoms. The molecule has 1 amide bonds. The predicted molar refractivity (Wildman–Crippen MR) is 119 cm³/mol. The summed E-state index contributed by atoms with van der Waals surface area (Å²) in [5, 5.41) is 14.2. The molecule has 3 aromatic heterocycles. The summed E-state index contributed by atoms with van der Waals surface area (Å²) in [5.74, 6) is -1.42. The number of halogens is 3. The highest BCUT2D eigenvalue weighted by atomic mass is 19.4. The Morgan fingerprint density at radius 3 is 2.37 bits per heavy atom. The van der Waals surface area contributed by atoms with E-state index in [0.717, 1.165) is 26.2 Å². The fourth-order valence-electron chi connectivity index (χ4n) is 3.02. The van der Waals surface area contributed by atoms with Crippen molar-refractivity contribution < 1.29 is 27.9 Å². The fourth-order valence-corrected chi connectivity index (χ4v) is 3.02. The number of aromatic nitrogens is 5. The Labute approximate surface area is 198 Å². The van der Waals surface area contributed by atoms with Crippen LogP contribution in [0.25, 0.3) is 17.3 Å². The number of anilines is 1. The van der Waals surface area contributed by atoms with Crippen LogP contribution in [0, 0.1) is 0 Å². The highest BCUT2D eigenvalue weighted by molar-refractivity contribution is 5.91. The van der Waals surface area contributed by atoms with Crippen LogP contribution in [0.3, 0.4) is 0 Å². The summed E-state index contributed by atoms with van der Waals surface area (Å²) >= 11 is 0. The van der Waals surface area contributed by atoms with Gasteiger partial charge in [-0.3, -0.25) is 14.7 Å². The molecule has 0 bridgehead atoms. The maximum atomic E-state index is 12.5. The van der Waals surface area contributed by atoms with Gasteiger partial charge in [0, 0.05) is 50.8 Å². The summed E-state index contributed by atoms with van der Waals surface area (Å²) < 4.78 is 33.4. The molecule has 1 saturated heterocycles. The van der Waals surface area contributed by atoms with Gasteiger partial charge in [-0.1, -0.05) is 6.07 Å². The number of piperazine rings is 1. The third-order valence-electron chi connectivity index (χ3n) is 4.82. The molecule has 0 aliphatic carbocycles. The van der Waals surface area contributed by atoms with Gasteiger partial charge >= 0.3 is 12.1 Å². The van der Waals surface area contributed by atoms with Crippen molar-refractivity contribution in [3.8, 4) is 17.3 Å². The van der Waals surface area contributed by atoms with Crippen molar-refractivity contribution >= 4 is 17.7 Å². The van der Waals surface area contributed by atoms with Gasteiger partial charge in [0.1, 0.15) is 11.5 Å². The van der Waals surface area contributed by atoms with Crippen molar-refractivity contribution in [1.82, 2.24) is 34.5 Å². The SMILES string of the molecule is CN1CCN(CC(=O)Nc2cc(-n3cccn3)nc(-c3ccccn3)n2)CC1.O=C(O)C(F)(F)F. The molecule has 186 valence electrons. The molecular weight excluding hydrogens is 469 g/mol. The summed E-state index contributed by atoms with van der Waals surface area (Å²) in [4.78, 5) is 39.2. The van der Waals surface area contributed by atoms with Crippen LogP contribution in [0.1, 0.15) is 0 Å². The third kappa shape index (κ3) is 7.82. The van der Waals surface area contributed by atoms with Crippen LogP contribution < -0.4 is 5.32 Å². The average molecular weight is 492 g/mol. The first kappa shape index (κ1) is 25.7. The van der Waals surface area contributed by atoms with E-state index in [9.17, 15) is 18.0 Å². The topological polar surface area (TPSA) is 129 Å². The van der Waals surface area contributed by atoms with Crippen LogP contribution >= 0.6 is 0 Å². The van der Waals surface area contributed by atoms with Gasteiger partial charge < -0.3 is 15.3 Å². The monoisotopic (exact) mass is 492 g/mol. The fraction of sp³-hybridized carbons (Fsp3) is 0.333. The molecule has 3 aromatic rings. The van der Waals surface area contributed by atoms with Crippen LogP contribution in [0.15, 0.2) is 48.9 Å². The van der Waals surface area contributed by atoms with E-state index < -0.39 is 12.1 Å². The van der Waals surface area contributed by atoms with E-state index in [1.54, 1.807) is 29.3 Å². The number of hydrogen-bond acceptors (Lipinski definition) is 8. The van der Waals surface area contributed by atoms with Crippen LogP contribution in [0.5, 0.6) is 0 Å². The molecule has 0 unspecified atom stereocenters. The van der Waals surface area contributed by atoms with Gasteiger partial charge in [-0.2, -0.15) is 18.3 Å². The number of carboxylic acids is 1. The molecule has 0 spiro atoms. The van der Waals surface area contributed by atoms with E-state index in [1.807, 2.05) is 24.3 Å². The van der Waals surface area contributed by atoms with Crippen molar-refractivity contribution in [1.29, 1.82) is 0 Å². The van der Waals surface area contributed by atoms with Gasteiger partial charge in [-0.25, -0.2) is 19.4 Å². The smallest absolute Gasteiger partial charge is 0.475 e. The Bertz CT molecular complexity index is 1120. The molecule has 11 nitrogen and oxygen atoms in total. The number of rotatable bonds is 5. The summed E-state index contributed by atoms with van der Waals surface area (Å²) in [5.41, 5.74) is 0.631. The number of carbonyl (C=O) groups excluding carboxylic acids is 1. The second kappa shape index (κ2) is 11.5.